The highest BCUT2D eigenvalue weighted by molar-refractivity contribution is 5.85. The molecular formula is C7H10ClN3. The molecule has 0 saturated heterocycles. The molecule has 1 aromatic heterocycles. The standard InChI is InChI=1S/C7H9N3.ClH/c8-3-1-2-5-10-6-4-9-7-10;/h4,6-7H,1-2,5H2;1H. The van der Waals surface area contributed by atoms with Crippen LogP contribution in [-0.4, -0.2) is 9.55 Å². The molecule has 1 rings (SSSR count). The Morgan fingerprint density at radius 2 is 2.36 bits per heavy atom. The van der Waals surface area contributed by atoms with E-state index in [1.54, 1.807) is 12.5 Å². The van der Waals surface area contributed by atoms with E-state index in [1.165, 1.54) is 0 Å². The second-order valence-corrected chi connectivity index (χ2v) is 2.06. The summed E-state index contributed by atoms with van der Waals surface area (Å²) in [5.41, 5.74) is 0. The van der Waals surface area contributed by atoms with Gasteiger partial charge in [0.05, 0.1) is 12.4 Å². The van der Waals surface area contributed by atoms with Crippen molar-refractivity contribution in [3.8, 4) is 6.07 Å². The molecule has 4 heteroatoms. The number of imidazole rings is 1. The van der Waals surface area contributed by atoms with Crippen LogP contribution < -0.4 is 0 Å². The Morgan fingerprint density at radius 3 is 2.91 bits per heavy atom. The number of aromatic nitrogens is 2. The summed E-state index contributed by atoms with van der Waals surface area (Å²) in [7, 11) is 0. The zero-order valence-corrected chi connectivity index (χ0v) is 6.92. The third-order valence-electron chi connectivity index (χ3n) is 1.26. The lowest BCUT2D eigenvalue weighted by Crippen LogP contribution is -1.92. The maximum atomic E-state index is 8.22. The molecule has 0 atom stereocenters. The second kappa shape index (κ2) is 5.75. The molecule has 3 nitrogen and oxygen atoms in total. The van der Waals surface area contributed by atoms with Crippen LogP contribution in [0.1, 0.15) is 12.8 Å². The van der Waals surface area contributed by atoms with Crippen molar-refractivity contribution in [3.05, 3.63) is 18.7 Å². The molecular weight excluding hydrogens is 162 g/mol. The van der Waals surface area contributed by atoms with Crippen LogP contribution >= 0.6 is 12.4 Å². The highest BCUT2D eigenvalue weighted by Gasteiger charge is 1.87. The number of unbranched alkanes of at least 4 members (excludes halogenated alkanes) is 1. The van der Waals surface area contributed by atoms with Crippen molar-refractivity contribution >= 4 is 12.4 Å². The highest BCUT2D eigenvalue weighted by Crippen LogP contribution is 1.92. The Morgan fingerprint density at radius 1 is 1.55 bits per heavy atom. The van der Waals surface area contributed by atoms with Crippen molar-refractivity contribution in [1.82, 2.24) is 9.55 Å². The number of nitrogens with zero attached hydrogens (tertiary/aromatic N) is 3. The molecule has 0 bridgehead atoms. The fraction of sp³-hybridized carbons (Fsp3) is 0.429. The molecule has 0 N–H and O–H groups in total. The SMILES string of the molecule is Cl.N#CCCCn1ccnc1. The summed E-state index contributed by atoms with van der Waals surface area (Å²) in [6, 6.07) is 2.10. The first-order valence-electron chi connectivity index (χ1n) is 3.26. The maximum absolute atomic E-state index is 8.22. The minimum absolute atomic E-state index is 0. The lowest BCUT2D eigenvalue weighted by Gasteiger charge is -1.95. The average molecular weight is 172 g/mol. The van der Waals surface area contributed by atoms with E-state index in [-0.39, 0.29) is 12.4 Å². The molecule has 0 saturated carbocycles. The molecule has 0 unspecified atom stereocenters. The molecule has 0 aliphatic carbocycles. The van der Waals surface area contributed by atoms with Gasteiger partial charge < -0.3 is 4.57 Å². The van der Waals surface area contributed by atoms with Gasteiger partial charge in [-0.05, 0) is 6.42 Å². The Labute approximate surface area is 72.1 Å². The molecule has 60 valence electrons. The summed E-state index contributed by atoms with van der Waals surface area (Å²) in [6.45, 7) is 0.896. The Balaban J connectivity index is 0.000001000. The fourth-order valence-corrected chi connectivity index (χ4v) is 0.760. The van der Waals surface area contributed by atoms with Gasteiger partial charge in [-0.2, -0.15) is 5.26 Å². The van der Waals surface area contributed by atoms with Gasteiger partial charge in [0, 0.05) is 25.4 Å². The van der Waals surface area contributed by atoms with Gasteiger partial charge in [-0.25, -0.2) is 4.98 Å². The minimum Gasteiger partial charge on any atom is -0.337 e. The fourth-order valence-electron chi connectivity index (χ4n) is 0.760. The monoisotopic (exact) mass is 171 g/mol. The first-order valence-corrected chi connectivity index (χ1v) is 3.26. The summed E-state index contributed by atoms with van der Waals surface area (Å²) >= 11 is 0. The van der Waals surface area contributed by atoms with Crippen LogP contribution in [0.2, 0.25) is 0 Å². The maximum Gasteiger partial charge on any atom is 0.0945 e. The largest absolute Gasteiger partial charge is 0.337 e. The van der Waals surface area contributed by atoms with E-state index in [0.29, 0.717) is 6.42 Å². The smallest absolute Gasteiger partial charge is 0.0945 e. The molecule has 0 aromatic carbocycles. The molecule has 0 fully saturated rings. The number of aryl methyl sites for hydroxylation is 1. The molecule has 0 aliphatic heterocycles. The normalized spacial score (nSPS) is 8.27. The van der Waals surface area contributed by atoms with Crippen LogP contribution in [-0.2, 0) is 6.54 Å². The summed E-state index contributed by atoms with van der Waals surface area (Å²) in [4.78, 5) is 3.88. The van der Waals surface area contributed by atoms with Gasteiger partial charge in [-0.15, -0.1) is 12.4 Å². The van der Waals surface area contributed by atoms with Gasteiger partial charge in [0.2, 0.25) is 0 Å². The Kier molecular flexibility index (Phi) is 5.22. The third kappa shape index (κ3) is 3.64. The van der Waals surface area contributed by atoms with Crippen LogP contribution in [0, 0.1) is 11.3 Å². The topological polar surface area (TPSA) is 41.6 Å². The molecule has 1 heterocycles. The molecule has 0 amide bonds. The van der Waals surface area contributed by atoms with Gasteiger partial charge in [-0.3, -0.25) is 0 Å². The predicted octanol–water partition coefficient (Wildman–Crippen LogP) is 1.61. The van der Waals surface area contributed by atoms with Crippen molar-refractivity contribution in [2.24, 2.45) is 0 Å². The van der Waals surface area contributed by atoms with Crippen molar-refractivity contribution < 1.29 is 0 Å². The molecule has 0 radical (unpaired) electrons. The van der Waals surface area contributed by atoms with Crippen molar-refractivity contribution in [1.29, 1.82) is 5.26 Å². The molecule has 11 heavy (non-hydrogen) atoms. The van der Waals surface area contributed by atoms with E-state index >= 15 is 0 Å². The van der Waals surface area contributed by atoms with E-state index < -0.39 is 0 Å². The zero-order valence-electron chi connectivity index (χ0n) is 6.10. The van der Waals surface area contributed by atoms with E-state index in [0.717, 1.165) is 13.0 Å². The molecule has 0 spiro atoms. The lowest BCUT2D eigenvalue weighted by atomic mass is 10.3. The Bertz CT molecular complexity index is 212. The quantitative estimate of drug-likeness (QED) is 0.649. The number of hydrogen-bond acceptors (Lipinski definition) is 2. The van der Waals surface area contributed by atoms with Gasteiger partial charge in [-0.1, -0.05) is 0 Å². The number of rotatable bonds is 3. The van der Waals surface area contributed by atoms with E-state index in [2.05, 4.69) is 11.1 Å². The van der Waals surface area contributed by atoms with Gasteiger partial charge in [0.1, 0.15) is 0 Å². The zero-order chi connectivity index (χ0) is 7.23. The second-order valence-electron chi connectivity index (χ2n) is 2.06. The van der Waals surface area contributed by atoms with Crippen LogP contribution in [0.4, 0.5) is 0 Å². The van der Waals surface area contributed by atoms with Gasteiger partial charge in [0.15, 0.2) is 0 Å². The predicted molar refractivity (Wildman–Crippen MR) is 44.3 cm³/mol. The first kappa shape index (κ1) is 9.99. The van der Waals surface area contributed by atoms with Gasteiger partial charge in [0.25, 0.3) is 0 Å². The van der Waals surface area contributed by atoms with Crippen LogP contribution in [0.25, 0.3) is 0 Å². The summed E-state index contributed by atoms with van der Waals surface area (Å²) in [6.07, 6.45) is 6.94. The van der Waals surface area contributed by atoms with Gasteiger partial charge >= 0.3 is 0 Å². The third-order valence-corrected chi connectivity index (χ3v) is 1.26. The Hall–Kier alpha value is -1.01. The van der Waals surface area contributed by atoms with E-state index in [4.69, 9.17) is 5.26 Å². The summed E-state index contributed by atoms with van der Waals surface area (Å²) in [5.74, 6) is 0. The van der Waals surface area contributed by atoms with E-state index in [1.807, 2.05) is 10.8 Å². The van der Waals surface area contributed by atoms with Crippen molar-refractivity contribution in [2.75, 3.05) is 0 Å². The summed E-state index contributed by atoms with van der Waals surface area (Å²) < 4.78 is 1.97. The minimum atomic E-state index is 0. The summed E-state index contributed by atoms with van der Waals surface area (Å²) in [5, 5.41) is 8.22. The van der Waals surface area contributed by atoms with Crippen LogP contribution in [0.5, 0.6) is 0 Å². The number of nitriles is 1. The number of halogens is 1. The lowest BCUT2D eigenvalue weighted by molar-refractivity contribution is 0.653. The van der Waals surface area contributed by atoms with Crippen molar-refractivity contribution in [3.63, 3.8) is 0 Å². The highest BCUT2D eigenvalue weighted by atomic mass is 35.5. The first-order chi connectivity index (χ1) is 4.93. The van der Waals surface area contributed by atoms with Crippen molar-refractivity contribution in [2.45, 2.75) is 19.4 Å². The van der Waals surface area contributed by atoms with Crippen LogP contribution in [0.3, 0.4) is 0 Å². The molecule has 1 aromatic rings. The molecule has 0 aliphatic rings. The van der Waals surface area contributed by atoms with E-state index in [9.17, 15) is 0 Å². The van der Waals surface area contributed by atoms with Crippen LogP contribution in [0.15, 0.2) is 18.7 Å². The average Bonchev–Trinajstić information content (AvgIpc) is 2.41. The number of hydrogen-bond donors (Lipinski definition) is 0.